The highest BCUT2D eigenvalue weighted by molar-refractivity contribution is 5.84. The number of hydrogen-bond acceptors (Lipinski definition) is 2. The average Bonchev–Trinajstić information content (AvgIpc) is 2.68. The Morgan fingerprint density at radius 1 is 1.12 bits per heavy atom. The molecular weight excluding hydrogens is 320 g/mol. The molecule has 2 N–H and O–H groups in total. The Hall–Kier alpha value is -2.39. The number of aryl methyl sites for hydroxylation is 1. The molecule has 2 aromatic rings. The van der Waals surface area contributed by atoms with Crippen molar-refractivity contribution in [2.24, 2.45) is 5.41 Å². The normalized spacial score (nSPS) is 16.0. The SMILES string of the molecule is C=CCNC(=O)C1(Cc2ccccc2-c2ccccc2C)CCNCC1. The smallest absolute Gasteiger partial charge is 0.226 e. The molecule has 0 atom stereocenters. The van der Waals surface area contributed by atoms with E-state index >= 15 is 0 Å². The lowest BCUT2D eigenvalue weighted by atomic mass is 9.72. The van der Waals surface area contributed by atoms with Crippen LogP contribution in [-0.2, 0) is 11.2 Å². The third-order valence-corrected chi connectivity index (χ3v) is 5.43. The quantitative estimate of drug-likeness (QED) is 0.778. The number of amides is 1. The van der Waals surface area contributed by atoms with Crippen molar-refractivity contribution in [2.75, 3.05) is 19.6 Å². The summed E-state index contributed by atoms with van der Waals surface area (Å²) in [4.78, 5) is 13.0. The van der Waals surface area contributed by atoms with Gasteiger partial charge in [-0.05, 0) is 61.5 Å². The fraction of sp³-hybridized carbons (Fsp3) is 0.348. The molecule has 3 heteroatoms. The first-order chi connectivity index (χ1) is 12.7. The molecule has 1 amide bonds. The van der Waals surface area contributed by atoms with Crippen molar-refractivity contribution in [2.45, 2.75) is 26.2 Å². The van der Waals surface area contributed by atoms with E-state index in [-0.39, 0.29) is 11.3 Å². The molecule has 0 saturated carbocycles. The molecular formula is C23H28N2O. The van der Waals surface area contributed by atoms with E-state index < -0.39 is 0 Å². The molecule has 0 unspecified atom stereocenters. The largest absolute Gasteiger partial charge is 0.352 e. The second kappa shape index (κ2) is 8.33. The van der Waals surface area contributed by atoms with Gasteiger partial charge in [0.05, 0.1) is 5.41 Å². The summed E-state index contributed by atoms with van der Waals surface area (Å²) in [6.45, 7) is 8.15. The van der Waals surface area contributed by atoms with Crippen molar-refractivity contribution in [3.63, 3.8) is 0 Å². The number of piperidine rings is 1. The first-order valence-electron chi connectivity index (χ1n) is 9.40. The first kappa shape index (κ1) is 18.4. The van der Waals surface area contributed by atoms with Gasteiger partial charge in [-0.3, -0.25) is 4.79 Å². The maximum atomic E-state index is 13.0. The molecule has 0 aromatic heterocycles. The van der Waals surface area contributed by atoms with Crippen molar-refractivity contribution in [1.29, 1.82) is 0 Å². The number of benzene rings is 2. The summed E-state index contributed by atoms with van der Waals surface area (Å²) < 4.78 is 0. The topological polar surface area (TPSA) is 41.1 Å². The van der Waals surface area contributed by atoms with Crippen LogP contribution in [0.3, 0.4) is 0 Å². The van der Waals surface area contributed by atoms with E-state index in [9.17, 15) is 4.79 Å². The van der Waals surface area contributed by atoms with Crippen LogP contribution in [0.25, 0.3) is 11.1 Å². The molecule has 0 spiro atoms. The molecule has 1 fully saturated rings. The Morgan fingerprint density at radius 3 is 2.46 bits per heavy atom. The van der Waals surface area contributed by atoms with Crippen molar-refractivity contribution in [3.05, 3.63) is 72.3 Å². The number of hydrogen-bond donors (Lipinski definition) is 2. The summed E-state index contributed by atoms with van der Waals surface area (Å²) in [6.07, 6.45) is 4.23. The van der Waals surface area contributed by atoms with Crippen LogP contribution in [0, 0.1) is 12.3 Å². The summed E-state index contributed by atoms with van der Waals surface area (Å²) >= 11 is 0. The summed E-state index contributed by atoms with van der Waals surface area (Å²) in [5.74, 6) is 0.151. The molecule has 1 saturated heterocycles. The van der Waals surface area contributed by atoms with Gasteiger partial charge in [0.2, 0.25) is 5.91 Å². The van der Waals surface area contributed by atoms with Crippen LogP contribution < -0.4 is 10.6 Å². The zero-order valence-corrected chi connectivity index (χ0v) is 15.6. The molecule has 0 bridgehead atoms. The molecule has 3 nitrogen and oxygen atoms in total. The monoisotopic (exact) mass is 348 g/mol. The van der Waals surface area contributed by atoms with Crippen molar-refractivity contribution >= 4 is 5.91 Å². The van der Waals surface area contributed by atoms with Gasteiger partial charge in [0, 0.05) is 6.54 Å². The minimum Gasteiger partial charge on any atom is -0.352 e. The Balaban J connectivity index is 1.96. The highest BCUT2D eigenvalue weighted by atomic mass is 16.2. The molecule has 2 aromatic carbocycles. The zero-order chi connectivity index (χ0) is 18.4. The Bertz CT molecular complexity index is 775. The molecule has 0 aliphatic carbocycles. The van der Waals surface area contributed by atoms with Gasteiger partial charge in [-0.2, -0.15) is 0 Å². The average molecular weight is 348 g/mol. The Labute approximate surface area is 156 Å². The van der Waals surface area contributed by atoms with Gasteiger partial charge in [-0.15, -0.1) is 6.58 Å². The lowest BCUT2D eigenvalue weighted by Gasteiger charge is -2.37. The van der Waals surface area contributed by atoms with Gasteiger partial charge in [0.25, 0.3) is 0 Å². The van der Waals surface area contributed by atoms with E-state index in [0.29, 0.717) is 6.54 Å². The summed E-state index contributed by atoms with van der Waals surface area (Å²) in [7, 11) is 0. The molecule has 1 aliphatic heterocycles. The van der Waals surface area contributed by atoms with Gasteiger partial charge in [-0.25, -0.2) is 0 Å². The minimum absolute atomic E-state index is 0.151. The summed E-state index contributed by atoms with van der Waals surface area (Å²) in [6, 6.07) is 17.0. The zero-order valence-electron chi connectivity index (χ0n) is 15.6. The van der Waals surface area contributed by atoms with Crippen molar-refractivity contribution in [1.82, 2.24) is 10.6 Å². The second-order valence-electron chi connectivity index (χ2n) is 7.18. The minimum atomic E-state index is -0.354. The Morgan fingerprint density at radius 2 is 1.77 bits per heavy atom. The van der Waals surface area contributed by atoms with Crippen LogP contribution in [0.5, 0.6) is 0 Å². The van der Waals surface area contributed by atoms with E-state index in [0.717, 1.165) is 32.4 Å². The van der Waals surface area contributed by atoms with Crippen molar-refractivity contribution < 1.29 is 4.79 Å². The highest BCUT2D eigenvalue weighted by Gasteiger charge is 2.39. The lowest BCUT2D eigenvalue weighted by Crippen LogP contribution is -2.49. The van der Waals surface area contributed by atoms with E-state index in [2.05, 4.69) is 72.7 Å². The highest BCUT2D eigenvalue weighted by Crippen LogP contribution is 2.37. The van der Waals surface area contributed by atoms with Crippen LogP contribution in [0.15, 0.2) is 61.2 Å². The summed E-state index contributed by atoms with van der Waals surface area (Å²) in [5, 5.41) is 6.44. The van der Waals surface area contributed by atoms with Crippen LogP contribution >= 0.6 is 0 Å². The van der Waals surface area contributed by atoms with E-state index in [1.165, 1.54) is 22.3 Å². The van der Waals surface area contributed by atoms with E-state index in [4.69, 9.17) is 0 Å². The standard InChI is InChI=1S/C23H28N2O/c1-3-14-25-22(26)23(12-15-24-16-13-23)17-19-9-5-7-11-21(19)20-10-6-4-8-18(20)2/h3-11,24H,1,12-17H2,2H3,(H,25,26). The van der Waals surface area contributed by atoms with Crippen LogP contribution in [0.4, 0.5) is 0 Å². The van der Waals surface area contributed by atoms with Crippen LogP contribution in [0.2, 0.25) is 0 Å². The molecule has 1 heterocycles. The van der Waals surface area contributed by atoms with Gasteiger partial charge in [0.15, 0.2) is 0 Å². The van der Waals surface area contributed by atoms with E-state index in [1.807, 2.05) is 0 Å². The van der Waals surface area contributed by atoms with E-state index in [1.54, 1.807) is 6.08 Å². The number of rotatable bonds is 6. The van der Waals surface area contributed by atoms with Crippen molar-refractivity contribution in [3.8, 4) is 11.1 Å². The van der Waals surface area contributed by atoms with Gasteiger partial charge >= 0.3 is 0 Å². The predicted octanol–water partition coefficient (Wildman–Crippen LogP) is 3.88. The first-order valence-corrected chi connectivity index (χ1v) is 9.40. The van der Waals surface area contributed by atoms with Gasteiger partial charge < -0.3 is 10.6 Å². The molecule has 0 radical (unpaired) electrons. The molecule has 3 rings (SSSR count). The number of nitrogens with one attached hydrogen (secondary N) is 2. The maximum absolute atomic E-state index is 13.0. The summed E-state index contributed by atoms with van der Waals surface area (Å²) in [5.41, 5.74) is 4.64. The van der Waals surface area contributed by atoms with Gasteiger partial charge in [0.1, 0.15) is 0 Å². The maximum Gasteiger partial charge on any atom is 0.226 e. The number of carbonyl (C=O) groups is 1. The number of carbonyl (C=O) groups excluding carboxylic acids is 1. The second-order valence-corrected chi connectivity index (χ2v) is 7.18. The molecule has 136 valence electrons. The third-order valence-electron chi connectivity index (χ3n) is 5.43. The van der Waals surface area contributed by atoms with Gasteiger partial charge in [-0.1, -0.05) is 54.6 Å². The third kappa shape index (κ3) is 3.88. The Kier molecular flexibility index (Phi) is 5.89. The lowest BCUT2D eigenvalue weighted by molar-refractivity contribution is -0.132. The predicted molar refractivity (Wildman–Crippen MR) is 108 cm³/mol. The van der Waals surface area contributed by atoms with Crippen LogP contribution in [0.1, 0.15) is 24.0 Å². The molecule has 1 aliphatic rings. The molecule has 26 heavy (non-hydrogen) atoms. The fourth-order valence-corrected chi connectivity index (χ4v) is 3.92. The fourth-order valence-electron chi connectivity index (χ4n) is 3.92. The van der Waals surface area contributed by atoms with Crippen LogP contribution in [-0.4, -0.2) is 25.5 Å².